The van der Waals surface area contributed by atoms with Gasteiger partial charge in [0.2, 0.25) is 0 Å². The molecule has 0 spiro atoms. The topological polar surface area (TPSA) is 92.9 Å². The highest BCUT2D eigenvalue weighted by Crippen LogP contribution is 2.30. The smallest absolute Gasteiger partial charge is 0.267 e. The average Bonchev–Trinajstić information content (AvgIpc) is 2.71. The highest BCUT2D eigenvalue weighted by atomic mass is 16.6. The van der Waals surface area contributed by atoms with Gasteiger partial charge in [0.15, 0.2) is 0 Å². The summed E-state index contributed by atoms with van der Waals surface area (Å²) in [6.07, 6.45) is 4.21. The van der Waals surface area contributed by atoms with Crippen LogP contribution in [0.1, 0.15) is 26.3 Å². The third-order valence-corrected chi connectivity index (χ3v) is 4.43. The summed E-state index contributed by atoms with van der Waals surface area (Å²) in [4.78, 5) is 36.0. The SMILES string of the molecule is O=C1c2cccc3cccc(c23)C(=O)N1/N=C\C=C\c1ccccc1[N+](=O)[O-]. The lowest BCUT2D eigenvalue weighted by atomic mass is 9.95. The van der Waals surface area contributed by atoms with Crippen molar-refractivity contribution in [2.75, 3.05) is 0 Å². The van der Waals surface area contributed by atoms with E-state index in [0.29, 0.717) is 22.1 Å². The fourth-order valence-electron chi connectivity index (χ4n) is 3.17. The number of rotatable bonds is 4. The van der Waals surface area contributed by atoms with Crippen LogP contribution in [0.25, 0.3) is 16.8 Å². The summed E-state index contributed by atoms with van der Waals surface area (Å²) >= 11 is 0. The summed E-state index contributed by atoms with van der Waals surface area (Å²) in [5, 5.41) is 17.3. The van der Waals surface area contributed by atoms with Crippen LogP contribution in [0.3, 0.4) is 0 Å². The predicted octanol–water partition coefficient (Wildman–Crippen LogP) is 4.04. The second-order valence-corrected chi connectivity index (χ2v) is 6.07. The third-order valence-electron chi connectivity index (χ3n) is 4.43. The Balaban J connectivity index is 1.64. The van der Waals surface area contributed by atoms with Crippen LogP contribution in [-0.4, -0.2) is 28.0 Å². The third kappa shape index (κ3) is 2.84. The predicted molar refractivity (Wildman–Crippen MR) is 105 cm³/mol. The second-order valence-electron chi connectivity index (χ2n) is 6.07. The van der Waals surface area contributed by atoms with Gasteiger partial charge in [-0.25, -0.2) is 0 Å². The molecular formula is C21H13N3O4. The number of nitro groups is 1. The minimum Gasteiger partial charge on any atom is -0.267 e. The maximum Gasteiger partial charge on any atom is 0.282 e. The van der Waals surface area contributed by atoms with Crippen molar-refractivity contribution in [2.24, 2.45) is 5.10 Å². The molecule has 1 aliphatic rings. The zero-order chi connectivity index (χ0) is 19.7. The molecule has 1 heterocycles. The Bertz CT molecular complexity index is 1150. The van der Waals surface area contributed by atoms with Gasteiger partial charge < -0.3 is 0 Å². The number of hydrazone groups is 1. The van der Waals surface area contributed by atoms with Crippen LogP contribution in [-0.2, 0) is 0 Å². The highest BCUT2D eigenvalue weighted by Gasteiger charge is 2.32. The molecule has 2 amide bonds. The number of carbonyl (C=O) groups excluding carboxylic acids is 2. The molecule has 0 saturated heterocycles. The van der Waals surface area contributed by atoms with E-state index in [9.17, 15) is 19.7 Å². The van der Waals surface area contributed by atoms with Gasteiger partial charge in [0.25, 0.3) is 17.5 Å². The van der Waals surface area contributed by atoms with E-state index in [1.165, 1.54) is 24.4 Å². The Kier molecular flexibility index (Phi) is 4.25. The second kappa shape index (κ2) is 6.88. The molecule has 7 nitrogen and oxygen atoms in total. The van der Waals surface area contributed by atoms with Gasteiger partial charge in [-0.3, -0.25) is 19.7 Å². The van der Waals surface area contributed by atoms with Gasteiger partial charge in [-0.2, -0.15) is 10.1 Å². The summed E-state index contributed by atoms with van der Waals surface area (Å²) in [5.41, 5.74) is 1.17. The molecule has 0 unspecified atom stereocenters. The largest absolute Gasteiger partial charge is 0.282 e. The van der Waals surface area contributed by atoms with Crippen LogP contribution in [0.5, 0.6) is 0 Å². The fraction of sp³-hybridized carbons (Fsp3) is 0. The Morgan fingerprint density at radius 1 is 0.893 bits per heavy atom. The Labute approximate surface area is 159 Å². The summed E-state index contributed by atoms with van der Waals surface area (Å²) in [5.74, 6) is -1.02. The van der Waals surface area contributed by atoms with Crippen molar-refractivity contribution in [1.29, 1.82) is 0 Å². The molecule has 7 heteroatoms. The summed E-state index contributed by atoms with van der Waals surface area (Å²) in [6, 6.07) is 16.8. The van der Waals surface area contributed by atoms with Gasteiger partial charge in [0.1, 0.15) is 0 Å². The van der Waals surface area contributed by atoms with Crippen molar-refractivity contribution in [2.45, 2.75) is 0 Å². The van der Waals surface area contributed by atoms with E-state index in [4.69, 9.17) is 0 Å². The lowest BCUT2D eigenvalue weighted by Gasteiger charge is -2.22. The Morgan fingerprint density at radius 2 is 1.54 bits per heavy atom. The number of hydrogen-bond acceptors (Lipinski definition) is 5. The van der Waals surface area contributed by atoms with E-state index in [1.54, 1.807) is 42.5 Å². The van der Waals surface area contributed by atoms with Gasteiger partial charge in [0.05, 0.1) is 21.6 Å². The molecule has 0 aromatic heterocycles. The van der Waals surface area contributed by atoms with E-state index >= 15 is 0 Å². The van der Waals surface area contributed by atoms with Gasteiger partial charge in [-0.05, 0) is 35.7 Å². The fourth-order valence-corrected chi connectivity index (χ4v) is 3.17. The lowest BCUT2D eigenvalue weighted by Crippen LogP contribution is -2.36. The van der Waals surface area contributed by atoms with E-state index in [2.05, 4.69) is 5.10 Å². The van der Waals surface area contributed by atoms with Crippen LogP contribution in [0.2, 0.25) is 0 Å². The molecule has 0 aliphatic carbocycles. The minimum absolute atomic E-state index is 0.0436. The molecule has 1 aliphatic heterocycles. The number of para-hydroxylation sites is 1. The first-order valence-electron chi connectivity index (χ1n) is 8.42. The average molecular weight is 371 g/mol. The van der Waals surface area contributed by atoms with E-state index in [0.717, 1.165) is 10.4 Å². The van der Waals surface area contributed by atoms with Crippen LogP contribution < -0.4 is 0 Å². The molecule has 4 rings (SSSR count). The van der Waals surface area contributed by atoms with Crippen LogP contribution in [0.4, 0.5) is 5.69 Å². The summed E-state index contributed by atoms with van der Waals surface area (Å²) < 4.78 is 0. The highest BCUT2D eigenvalue weighted by molar-refractivity contribution is 6.25. The molecule has 0 bridgehead atoms. The van der Waals surface area contributed by atoms with Crippen molar-refractivity contribution >= 4 is 40.6 Å². The van der Waals surface area contributed by atoms with Gasteiger partial charge in [0, 0.05) is 17.7 Å². The minimum atomic E-state index is -0.510. The van der Waals surface area contributed by atoms with Crippen molar-refractivity contribution in [1.82, 2.24) is 5.01 Å². The number of hydrogen-bond donors (Lipinski definition) is 0. The van der Waals surface area contributed by atoms with E-state index in [-0.39, 0.29) is 5.69 Å². The molecule has 0 saturated carbocycles. The summed E-state index contributed by atoms with van der Waals surface area (Å²) in [7, 11) is 0. The number of imide groups is 1. The van der Waals surface area contributed by atoms with Crippen molar-refractivity contribution in [3.05, 3.63) is 93.5 Å². The molecule has 28 heavy (non-hydrogen) atoms. The molecule has 0 N–H and O–H groups in total. The molecule has 0 radical (unpaired) electrons. The van der Waals surface area contributed by atoms with Crippen LogP contribution in [0.15, 0.2) is 71.8 Å². The van der Waals surface area contributed by atoms with E-state index in [1.807, 2.05) is 12.1 Å². The number of amides is 2. The monoisotopic (exact) mass is 371 g/mol. The first-order valence-corrected chi connectivity index (χ1v) is 8.42. The number of nitro benzene ring substituents is 1. The standard InChI is InChI=1S/C21H13N3O4/c25-20-16-10-3-7-15-8-4-11-17(19(15)16)21(26)23(20)22-13-5-9-14-6-1-2-12-18(14)24(27)28/h1-13H/b9-5+,22-13-. The molecule has 3 aromatic rings. The number of benzene rings is 3. The molecule has 3 aromatic carbocycles. The number of allylic oxidation sites excluding steroid dienone is 1. The van der Waals surface area contributed by atoms with E-state index < -0.39 is 16.7 Å². The number of carbonyl (C=O) groups is 2. The first kappa shape index (κ1) is 17.3. The zero-order valence-corrected chi connectivity index (χ0v) is 14.5. The van der Waals surface area contributed by atoms with Gasteiger partial charge in [-0.1, -0.05) is 36.4 Å². The quantitative estimate of drug-likeness (QED) is 0.299. The van der Waals surface area contributed by atoms with Crippen LogP contribution >= 0.6 is 0 Å². The van der Waals surface area contributed by atoms with Gasteiger partial charge in [-0.15, -0.1) is 0 Å². The number of nitrogens with zero attached hydrogens (tertiary/aromatic N) is 3. The summed E-state index contributed by atoms with van der Waals surface area (Å²) in [6.45, 7) is 0. The Morgan fingerprint density at radius 3 is 2.18 bits per heavy atom. The maximum absolute atomic E-state index is 12.7. The zero-order valence-electron chi connectivity index (χ0n) is 14.5. The lowest BCUT2D eigenvalue weighted by molar-refractivity contribution is -0.385. The Hall–Kier alpha value is -4.13. The maximum atomic E-state index is 12.7. The van der Waals surface area contributed by atoms with Crippen LogP contribution in [0, 0.1) is 10.1 Å². The van der Waals surface area contributed by atoms with Crippen molar-refractivity contribution in [3.8, 4) is 0 Å². The molecule has 0 fully saturated rings. The van der Waals surface area contributed by atoms with Crippen molar-refractivity contribution in [3.63, 3.8) is 0 Å². The molecule has 0 atom stereocenters. The van der Waals surface area contributed by atoms with Crippen molar-refractivity contribution < 1.29 is 14.5 Å². The molecular weight excluding hydrogens is 358 g/mol. The van der Waals surface area contributed by atoms with Gasteiger partial charge >= 0.3 is 0 Å². The normalized spacial score (nSPS) is 13.8. The molecule has 136 valence electrons. The first-order chi connectivity index (χ1) is 13.6.